The van der Waals surface area contributed by atoms with E-state index in [2.05, 4.69) is 47.8 Å². The molecule has 102 valence electrons. The van der Waals surface area contributed by atoms with Crippen molar-refractivity contribution in [1.82, 2.24) is 5.32 Å². The van der Waals surface area contributed by atoms with Gasteiger partial charge in [0.05, 0.1) is 5.02 Å². The van der Waals surface area contributed by atoms with Crippen molar-refractivity contribution < 1.29 is 0 Å². The van der Waals surface area contributed by atoms with E-state index in [1.807, 2.05) is 18.5 Å². The van der Waals surface area contributed by atoms with Crippen LogP contribution in [0.4, 0.5) is 0 Å². The molecular weight excluding hydrogens is 286 g/mol. The lowest BCUT2D eigenvalue weighted by molar-refractivity contribution is 0.602. The van der Waals surface area contributed by atoms with E-state index in [9.17, 15) is 0 Å². The summed E-state index contributed by atoms with van der Waals surface area (Å²) in [6.07, 6.45) is 0.946. The van der Waals surface area contributed by atoms with Crippen LogP contribution in [0.15, 0.2) is 53.9 Å². The number of thiophene rings is 1. The molecule has 0 bridgehead atoms. The van der Waals surface area contributed by atoms with Crippen LogP contribution in [0.1, 0.15) is 16.5 Å². The van der Waals surface area contributed by atoms with E-state index in [1.165, 1.54) is 21.2 Å². The minimum Gasteiger partial charge on any atom is -0.312 e. The number of nitrogens with one attached hydrogen (secondary N) is 1. The lowest BCUT2D eigenvalue weighted by Crippen LogP contribution is -2.18. The van der Waals surface area contributed by atoms with Gasteiger partial charge in [0.2, 0.25) is 0 Å². The molecule has 0 saturated heterocycles. The van der Waals surface area contributed by atoms with E-state index in [0.29, 0.717) is 0 Å². The largest absolute Gasteiger partial charge is 0.312 e. The van der Waals surface area contributed by atoms with Crippen molar-refractivity contribution in [2.24, 2.45) is 0 Å². The first-order valence-electron chi connectivity index (χ1n) is 6.66. The van der Waals surface area contributed by atoms with Crippen molar-refractivity contribution in [2.45, 2.75) is 12.5 Å². The van der Waals surface area contributed by atoms with E-state index in [4.69, 9.17) is 11.6 Å². The Labute approximate surface area is 128 Å². The summed E-state index contributed by atoms with van der Waals surface area (Å²) in [5.74, 6) is 0. The summed E-state index contributed by atoms with van der Waals surface area (Å²) in [4.78, 5) is 1.21. The summed E-state index contributed by atoms with van der Waals surface area (Å²) in [6, 6.07) is 17.3. The van der Waals surface area contributed by atoms with Crippen LogP contribution in [-0.2, 0) is 6.42 Å². The fourth-order valence-electron chi connectivity index (χ4n) is 2.48. The number of likely N-dealkylation sites (N-methyl/N-ethyl adjacent to an activating group) is 1. The quantitative estimate of drug-likeness (QED) is 0.710. The molecule has 0 spiro atoms. The first-order chi connectivity index (χ1) is 9.78. The molecule has 20 heavy (non-hydrogen) atoms. The highest BCUT2D eigenvalue weighted by Gasteiger charge is 2.15. The van der Waals surface area contributed by atoms with Gasteiger partial charge in [-0.3, -0.25) is 0 Å². The molecule has 1 atom stereocenters. The third-order valence-corrected chi connectivity index (χ3v) is 5.04. The molecule has 1 aromatic heterocycles. The van der Waals surface area contributed by atoms with Gasteiger partial charge < -0.3 is 5.32 Å². The SMILES string of the molecule is CNC(Cc1ccc2ccccc2c1)c1sccc1Cl. The van der Waals surface area contributed by atoms with Crippen molar-refractivity contribution in [2.75, 3.05) is 7.05 Å². The summed E-state index contributed by atoms with van der Waals surface area (Å²) in [5, 5.41) is 8.84. The number of hydrogen-bond acceptors (Lipinski definition) is 2. The maximum Gasteiger partial charge on any atom is 0.0561 e. The Kier molecular flexibility index (Phi) is 4.06. The van der Waals surface area contributed by atoms with Crippen molar-refractivity contribution in [3.05, 3.63) is 69.4 Å². The lowest BCUT2D eigenvalue weighted by Gasteiger charge is -2.15. The molecule has 1 heterocycles. The fourth-order valence-corrected chi connectivity index (χ4v) is 3.78. The highest BCUT2D eigenvalue weighted by molar-refractivity contribution is 7.10. The fraction of sp³-hybridized carbons (Fsp3) is 0.176. The first-order valence-corrected chi connectivity index (χ1v) is 7.91. The first kappa shape index (κ1) is 13.6. The van der Waals surface area contributed by atoms with Gasteiger partial charge in [-0.2, -0.15) is 0 Å². The number of rotatable bonds is 4. The molecule has 2 aromatic carbocycles. The van der Waals surface area contributed by atoms with Gasteiger partial charge in [-0.1, -0.05) is 54.1 Å². The van der Waals surface area contributed by atoms with Crippen molar-refractivity contribution in [1.29, 1.82) is 0 Å². The van der Waals surface area contributed by atoms with Gasteiger partial charge in [0.15, 0.2) is 0 Å². The molecule has 0 saturated carbocycles. The van der Waals surface area contributed by atoms with Gasteiger partial charge in [-0.25, -0.2) is 0 Å². The molecule has 3 heteroatoms. The molecule has 1 unspecified atom stereocenters. The smallest absolute Gasteiger partial charge is 0.0561 e. The Morgan fingerprint density at radius 2 is 1.90 bits per heavy atom. The number of benzene rings is 2. The molecular formula is C17H16ClNS. The van der Waals surface area contributed by atoms with Crippen LogP contribution in [0, 0.1) is 0 Å². The minimum absolute atomic E-state index is 0.267. The van der Waals surface area contributed by atoms with E-state index < -0.39 is 0 Å². The zero-order chi connectivity index (χ0) is 13.9. The van der Waals surface area contributed by atoms with Crippen molar-refractivity contribution >= 4 is 33.7 Å². The van der Waals surface area contributed by atoms with Crippen LogP contribution in [0.2, 0.25) is 5.02 Å². The highest BCUT2D eigenvalue weighted by atomic mass is 35.5. The van der Waals surface area contributed by atoms with Crippen LogP contribution in [0.5, 0.6) is 0 Å². The third-order valence-electron chi connectivity index (χ3n) is 3.56. The zero-order valence-corrected chi connectivity index (χ0v) is 12.8. The van der Waals surface area contributed by atoms with Crippen LogP contribution >= 0.6 is 22.9 Å². The average molecular weight is 302 g/mol. The minimum atomic E-state index is 0.267. The second-order valence-electron chi connectivity index (χ2n) is 4.86. The van der Waals surface area contributed by atoms with E-state index in [1.54, 1.807) is 11.3 Å². The maximum atomic E-state index is 6.25. The normalized spacial score (nSPS) is 12.7. The number of fused-ring (bicyclic) bond motifs is 1. The van der Waals surface area contributed by atoms with Crippen LogP contribution in [0.3, 0.4) is 0 Å². The van der Waals surface area contributed by atoms with Crippen molar-refractivity contribution in [3.63, 3.8) is 0 Å². The Morgan fingerprint density at radius 3 is 2.60 bits per heavy atom. The molecule has 1 N–H and O–H groups in total. The van der Waals surface area contributed by atoms with Crippen LogP contribution < -0.4 is 5.32 Å². The average Bonchev–Trinajstić information content (AvgIpc) is 2.91. The predicted octanol–water partition coefficient (Wildman–Crippen LogP) is 5.06. The molecule has 0 aliphatic heterocycles. The third kappa shape index (κ3) is 2.73. The molecule has 0 amide bonds. The Bertz CT molecular complexity index is 720. The van der Waals surface area contributed by atoms with Gasteiger partial charge in [0.1, 0.15) is 0 Å². The van der Waals surface area contributed by atoms with Crippen molar-refractivity contribution in [3.8, 4) is 0 Å². The van der Waals surface area contributed by atoms with E-state index in [0.717, 1.165) is 11.4 Å². The van der Waals surface area contributed by atoms with Gasteiger partial charge in [0.25, 0.3) is 0 Å². The molecule has 0 aliphatic carbocycles. The van der Waals surface area contributed by atoms with Crippen LogP contribution in [0.25, 0.3) is 10.8 Å². The lowest BCUT2D eigenvalue weighted by atomic mass is 10.0. The molecule has 1 nitrogen and oxygen atoms in total. The Morgan fingerprint density at radius 1 is 1.10 bits per heavy atom. The second-order valence-corrected chi connectivity index (χ2v) is 6.21. The summed E-state index contributed by atoms with van der Waals surface area (Å²) in [5.41, 5.74) is 1.33. The van der Waals surface area contributed by atoms with Crippen LogP contribution in [-0.4, -0.2) is 7.05 Å². The second kappa shape index (κ2) is 5.96. The topological polar surface area (TPSA) is 12.0 Å². The van der Waals surface area contributed by atoms with Gasteiger partial charge in [-0.15, -0.1) is 11.3 Å². The van der Waals surface area contributed by atoms with E-state index in [-0.39, 0.29) is 6.04 Å². The summed E-state index contributed by atoms with van der Waals surface area (Å²) in [6.45, 7) is 0. The molecule has 0 fully saturated rings. The monoisotopic (exact) mass is 301 g/mol. The van der Waals surface area contributed by atoms with Gasteiger partial charge in [0, 0.05) is 10.9 Å². The molecule has 0 aliphatic rings. The van der Waals surface area contributed by atoms with Gasteiger partial charge >= 0.3 is 0 Å². The van der Waals surface area contributed by atoms with Gasteiger partial charge in [-0.05, 0) is 41.3 Å². The van der Waals surface area contributed by atoms with E-state index >= 15 is 0 Å². The Hall–Kier alpha value is -1.35. The standard InChI is InChI=1S/C17H16ClNS/c1-19-16(17-15(18)8-9-20-17)11-12-6-7-13-4-2-3-5-14(13)10-12/h2-10,16,19H,11H2,1H3. The molecule has 3 rings (SSSR count). The maximum absolute atomic E-state index is 6.25. The predicted molar refractivity (Wildman–Crippen MR) is 88.8 cm³/mol. The highest BCUT2D eigenvalue weighted by Crippen LogP contribution is 2.31. The zero-order valence-electron chi connectivity index (χ0n) is 11.3. The number of hydrogen-bond donors (Lipinski definition) is 1. The summed E-state index contributed by atoms with van der Waals surface area (Å²) < 4.78 is 0. The molecule has 0 radical (unpaired) electrons. The number of halogens is 1. The molecule has 3 aromatic rings. The Balaban J connectivity index is 1.89. The summed E-state index contributed by atoms with van der Waals surface area (Å²) >= 11 is 7.96. The summed E-state index contributed by atoms with van der Waals surface area (Å²) in [7, 11) is 1.99.